The zero-order valence-corrected chi connectivity index (χ0v) is 23.0. The van der Waals surface area contributed by atoms with Gasteiger partial charge in [0.15, 0.2) is 11.0 Å². The number of hydrogen-bond donors (Lipinski definition) is 2. The van der Waals surface area contributed by atoms with Crippen molar-refractivity contribution in [3.05, 3.63) is 81.2 Å². The summed E-state index contributed by atoms with van der Waals surface area (Å²) in [4.78, 5) is 12.5. The zero-order valence-electron chi connectivity index (χ0n) is 19.1. The number of carbonyl (C=O) groups excluding carboxylic acids is 1. The van der Waals surface area contributed by atoms with Crippen molar-refractivity contribution in [3.63, 3.8) is 0 Å². The van der Waals surface area contributed by atoms with Crippen LogP contribution in [0.4, 0.5) is 0 Å². The third-order valence-corrected chi connectivity index (χ3v) is 6.85. The summed E-state index contributed by atoms with van der Waals surface area (Å²) in [6, 6.07) is 20.8. The third-order valence-electron chi connectivity index (χ3n) is 4.85. The molecule has 1 amide bonds. The van der Waals surface area contributed by atoms with Gasteiger partial charge in [-0.2, -0.15) is 5.10 Å². The van der Waals surface area contributed by atoms with Gasteiger partial charge in [0.2, 0.25) is 0 Å². The lowest BCUT2D eigenvalue weighted by molar-refractivity contribution is -0.118. The minimum Gasteiger partial charge on any atom is -0.506 e. The minimum atomic E-state index is -0.327. The van der Waals surface area contributed by atoms with Crippen molar-refractivity contribution in [3.8, 4) is 28.6 Å². The minimum absolute atomic E-state index is 0.0301. The van der Waals surface area contributed by atoms with E-state index in [-0.39, 0.29) is 17.4 Å². The normalized spacial score (nSPS) is 11.1. The van der Waals surface area contributed by atoms with Crippen molar-refractivity contribution in [1.29, 1.82) is 0 Å². The number of benzene rings is 3. The summed E-state index contributed by atoms with van der Waals surface area (Å²) in [5.41, 5.74) is 4.68. The number of amides is 1. The predicted molar refractivity (Wildman–Crippen MR) is 148 cm³/mol. The summed E-state index contributed by atoms with van der Waals surface area (Å²) < 4.78 is 8.74. The number of nitrogens with zero attached hydrogens (tertiary/aromatic N) is 4. The molecule has 0 saturated heterocycles. The summed E-state index contributed by atoms with van der Waals surface area (Å²) in [5, 5.41) is 23.4. The van der Waals surface area contributed by atoms with Crippen molar-refractivity contribution in [2.45, 2.75) is 12.1 Å². The molecule has 4 aromatic rings. The highest BCUT2D eigenvalue weighted by Gasteiger charge is 2.17. The quantitative estimate of drug-likeness (QED) is 0.138. The maximum Gasteiger partial charge on any atom is 0.250 e. The van der Waals surface area contributed by atoms with E-state index in [1.165, 1.54) is 18.0 Å². The lowest BCUT2D eigenvalue weighted by Gasteiger charge is -2.11. The topological polar surface area (TPSA) is 102 Å². The summed E-state index contributed by atoms with van der Waals surface area (Å²) in [6.45, 7) is 2.52. The average Bonchev–Trinajstić information content (AvgIpc) is 3.31. The second-order valence-corrected chi connectivity index (χ2v) is 10.1. The lowest BCUT2D eigenvalue weighted by atomic mass is 10.2. The highest BCUT2D eigenvalue weighted by Crippen LogP contribution is 2.31. The van der Waals surface area contributed by atoms with E-state index in [2.05, 4.69) is 52.6 Å². The molecule has 0 saturated carbocycles. The summed E-state index contributed by atoms with van der Waals surface area (Å²) >= 11 is 7.87. The number of phenols is 1. The predicted octanol–water partition coefficient (Wildman–Crippen LogP) is 5.81. The molecule has 0 radical (unpaired) electrons. The van der Waals surface area contributed by atoms with Crippen LogP contribution < -0.4 is 10.2 Å². The SMILES string of the molecule is CCOc1ccc(-n2c(SCC(=O)N/N=C\c3cc(Br)cc(Br)c3O)nnc2-c2ccccc2)cc1. The number of hydrogen-bond acceptors (Lipinski definition) is 7. The molecule has 1 heterocycles. The van der Waals surface area contributed by atoms with Gasteiger partial charge in [-0.05, 0) is 59.3 Å². The second-order valence-electron chi connectivity index (χ2n) is 7.34. The Labute approximate surface area is 229 Å². The average molecular weight is 631 g/mol. The van der Waals surface area contributed by atoms with Gasteiger partial charge < -0.3 is 9.84 Å². The molecule has 0 aliphatic rings. The number of hydrazone groups is 1. The van der Waals surface area contributed by atoms with E-state index in [9.17, 15) is 9.90 Å². The fourth-order valence-electron chi connectivity index (χ4n) is 3.25. The Morgan fingerprint density at radius 2 is 1.89 bits per heavy atom. The fraction of sp³-hybridized carbons (Fsp3) is 0.120. The largest absolute Gasteiger partial charge is 0.506 e. The van der Waals surface area contributed by atoms with Crippen LogP contribution in [0.25, 0.3) is 17.1 Å². The molecular formula is C25H21Br2N5O3S. The maximum absolute atomic E-state index is 12.5. The molecule has 1 aromatic heterocycles. The molecule has 0 atom stereocenters. The van der Waals surface area contributed by atoms with E-state index >= 15 is 0 Å². The Kier molecular flexibility index (Phi) is 8.79. The van der Waals surface area contributed by atoms with Crippen LogP contribution in [0, 0.1) is 0 Å². The molecule has 0 aliphatic heterocycles. The van der Waals surface area contributed by atoms with Gasteiger partial charge in [0.1, 0.15) is 11.5 Å². The summed E-state index contributed by atoms with van der Waals surface area (Å²) in [6.07, 6.45) is 1.38. The molecule has 4 rings (SSSR count). The van der Waals surface area contributed by atoms with Gasteiger partial charge in [0, 0.05) is 21.3 Å². The van der Waals surface area contributed by atoms with Crippen LogP contribution in [-0.2, 0) is 4.79 Å². The lowest BCUT2D eigenvalue weighted by Crippen LogP contribution is -2.20. The van der Waals surface area contributed by atoms with E-state index in [1.54, 1.807) is 12.1 Å². The molecule has 0 unspecified atom stereocenters. The number of aromatic hydroxyl groups is 1. The van der Waals surface area contributed by atoms with Crippen LogP contribution in [0.1, 0.15) is 12.5 Å². The Morgan fingerprint density at radius 1 is 1.14 bits per heavy atom. The number of ether oxygens (including phenoxy) is 1. The smallest absolute Gasteiger partial charge is 0.250 e. The van der Waals surface area contributed by atoms with Gasteiger partial charge in [-0.3, -0.25) is 9.36 Å². The Morgan fingerprint density at radius 3 is 2.61 bits per heavy atom. The third kappa shape index (κ3) is 6.34. The Hall–Kier alpha value is -3.15. The number of aromatic nitrogens is 3. The van der Waals surface area contributed by atoms with Crippen molar-refractivity contribution >= 4 is 55.7 Å². The molecular weight excluding hydrogens is 610 g/mol. The molecule has 2 N–H and O–H groups in total. The van der Waals surface area contributed by atoms with Gasteiger partial charge in [-0.1, -0.05) is 58.0 Å². The van der Waals surface area contributed by atoms with Crippen LogP contribution >= 0.6 is 43.6 Å². The van der Waals surface area contributed by atoms with Crippen molar-refractivity contribution < 1.29 is 14.6 Å². The van der Waals surface area contributed by atoms with E-state index in [4.69, 9.17) is 4.74 Å². The molecule has 184 valence electrons. The van der Waals surface area contributed by atoms with Crippen molar-refractivity contribution in [1.82, 2.24) is 20.2 Å². The highest BCUT2D eigenvalue weighted by atomic mass is 79.9. The molecule has 11 heteroatoms. The first-order chi connectivity index (χ1) is 17.5. The van der Waals surface area contributed by atoms with E-state index in [0.29, 0.717) is 27.6 Å². The summed E-state index contributed by atoms with van der Waals surface area (Å²) in [7, 11) is 0. The number of carbonyl (C=O) groups is 1. The van der Waals surface area contributed by atoms with Crippen LogP contribution in [0.3, 0.4) is 0 Å². The number of nitrogens with one attached hydrogen (secondary N) is 1. The van der Waals surface area contributed by atoms with Gasteiger partial charge in [-0.25, -0.2) is 5.43 Å². The second kappa shape index (κ2) is 12.2. The highest BCUT2D eigenvalue weighted by molar-refractivity contribution is 9.11. The van der Waals surface area contributed by atoms with Crippen LogP contribution in [0.2, 0.25) is 0 Å². The van der Waals surface area contributed by atoms with Gasteiger partial charge in [0.25, 0.3) is 5.91 Å². The first-order valence-electron chi connectivity index (χ1n) is 10.8. The van der Waals surface area contributed by atoms with Gasteiger partial charge in [0.05, 0.1) is 23.0 Å². The number of thioether (sulfide) groups is 1. The zero-order chi connectivity index (χ0) is 25.5. The van der Waals surface area contributed by atoms with E-state index < -0.39 is 0 Å². The van der Waals surface area contributed by atoms with Gasteiger partial charge >= 0.3 is 0 Å². The molecule has 0 bridgehead atoms. The van der Waals surface area contributed by atoms with Crippen molar-refractivity contribution in [2.24, 2.45) is 5.10 Å². The first-order valence-corrected chi connectivity index (χ1v) is 13.4. The number of halogens is 2. The molecule has 0 spiro atoms. The fourth-order valence-corrected chi connectivity index (χ4v) is 5.25. The number of rotatable bonds is 9. The molecule has 0 fully saturated rings. The van der Waals surface area contributed by atoms with Gasteiger partial charge in [-0.15, -0.1) is 10.2 Å². The molecule has 0 aliphatic carbocycles. The standard InChI is InChI=1S/C25H21Br2N5O3S/c1-2-35-20-10-8-19(9-11-20)32-24(16-6-4-3-5-7-16)30-31-25(32)36-15-22(33)29-28-14-17-12-18(26)13-21(27)23(17)34/h3-14,34H,2,15H2,1H3,(H,29,33)/b28-14-. The monoisotopic (exact) mass is 629 g/mol. The Balaban J connectivity index is 1.51. The molecule has 3 aromatic carbocycles. The van der Waals surface area contributed by atoms with Crippen molar-refractivity contribution in [2.75, 3.05) is 12.4 Å². The Bertz CT molecular complexity index is 1380. The van der Waals surface area contributed by atoms with Crippen LogP contribution in [0.5, 0.6) is 11.5 Å². The molecule has 8 nitrogen and oxygen atoms in total. The first kappa shape index (κ1) is 25.9. The number of phenolic OH excluding ortho intramolecular Hbond substituents is 1. The molecule has 36 heavy (non-hydrogen) atoms. The maximum atomic E-state index is 12.5. The van der Waals surface area contributed by atoms with Crippen LogP contribution in [-0.4, -0.2) is 44.4 Å². The van der Waals surface area contributed by atoms with E-state index in [0.717, 1.165) is 21.5 Å². The summed E-state index contributed by atoms with van der Waals surface area (Å²) in [5.74, 6) is 1.20. The van der Waals surface area contributed by atoms with Crippen LogP contribution in [0.15, 0.2) is 85.9 Å². The van der Waals surface area contributed by atoms with E-state index in [1.807, 2.05) is 66.1 Å².